The highest BCUT2D eigenvalue weighted by atomic mass is 35.5. The molecule has 1 amide bonds. The van der Waals surface area contributed by atoms with Gasteiger partial charge in [0.25, 0.3) is 0 Å². The van der Waals surface area contributed by atoms with Crippen molar-refractivity contribution in [2.24, 2.45) is 11.7 Å². The lowest BCUT2D eigenvalue weighted by Crippen LogP contribution is -2.37. The van der Waals surface area contributed by atoms with E-state index in [4.69, 9.17) is 5.73 Å². The molecule has 2 heterocycles. The predicted molar refractivity (Wildman–Crippen MR) is 93.9 cm³/mol. The molecule has 0 aromatic carbocycles. The van der Waals surface area contributed by atoms with E-state index in [1.54, 1.807) is 0 Å². The molecule has 1 aromatic heterocycles. The molecule has 2 unspecified atom stereocenters. The third-order valence-corrected chi connectivity index (χ3v) is 4.69. The summed E-state index contributed by atoms with van der Waals surface area (Å²) in [7, 11) is 0. The Morgan fingerprint density at radius 1 is 1.17 bits per heavy atom. The first-order valence-electron chi connectivity index (χ1n) is 8.18. The number of hydrogen-bond acceptors (Lipinski definition) is 4. The standard InChI is InChI=1S/C15H25N5O.2ClH/c16-12-6-4-5-11(9-12)15(21)17-10-14-19-18-13-7-2-1-3-8-20(13)14;;/h11-12H,1-10,16H2,(H,17,21);2*1H. The van der Waals surface area contributed by atoms with Gasteiger partial charge in [-0.1, -0.05) is 12.8 Å². The Labute approximate surface area is 149 Å². The Bertz CT molecular complexity index is 508. The minimum absolute atomic E-state index is 0. The summed E-state index contributed by atoms with van der Waals surface area (Å²) in [6.45, 7) is 1.46. The number of amides is 1. The van der Waals surface area contributed by atoms with Crippen molar-refractivity contribution in [1.29, 1.82) is 0 Å². The summed E-state index contributed by atoms with van der Waals surface area (Å²) < 4.78 is 2.18. The number of nitrogens with two attached hydrogens (primary N) is 1. The second-order valence-electron chi connectivity index (χ2n) is 6.34. The predicted octanol–water partition coefficient (Wildman–Crippen LogP) is 1.98. The summed E-state index contributed by atoms with van der Waals surface area (Å²) in [5.74, 6) is 2.15. The molecule has 3 rings (SSSR count). The molecule has 0 radical (unpaired) electrons. The average Bonchev–Trinajstić information content (AvgIpc) is 2.72. The van der Waals surface area contributed by atoms with E-state index in [9.17, 15) is 4.79 Å². The van der Waals surface area contributed by atoms with Crippen LogP contribution in [0.3, 0.4) is 0 Å². The molecular weight excluding hydrogens is 337 g/mol. The summed E-state index contributed by atoms with van der Waals surface area (Å²) in [5.41, 5.74) is 5.96. The number of rotatable bonds is 3. The van der Waals surface area contributed by atoms with Gasteiger partial charge >= 0.3 is 0 Å². The second-order valence-corrected chi connectivity index (χ2v) is 6.34. The smallest absolute Gasteiger partial charge is 0.223 e. The van der Waals surface area contributed by atoms with Gasteiger partial charge in [0.1, 0.15) is 5.82 Å². The van der Waals surface area contributed by atoms with Crippen LogP contribution in [0.5, 0.6) is 0 Å². The lowest BCUT2D eigenvalue weighted by atomic mass is 9.85. The van der Waals surface area contributed by atoms with Crippen LogP contribution in [0.2, 0.25) is 0 Å². The van der Waals surface area contributed by atoms with E-state index in [1.165, 1.54) is 19.3 Å². The van der Waals surface area contributed by atoms with Crippen molar-refractivity contribution in [3.8, 4) is 0 Å². The van der Waals surface area contributed by atoms with Crippen LogP contribution in [-0.4, -0.2) is 26.7 Å². The highest BCUT2D eigenvalue weighted by Crippen LogP contribution is 2.23. The number of nitrogens with zero attached hydrogens (tertiary/aromatic N) is 3. The summed E-state index contributed by atoms with van der Waals surface area (Å²) in [6, 6.07) is 0.180. The maximum absolute atomic E-state index is 12.3. The number of aryl methyl sites for hydroxylation is 1. The van der Waals surface area contributed by atoms with E-state index >= 15 is 0 Å². The number of fused-ring (bicyclic) bond motifs is 1. The largest absolute Gasteiger partial charge is 0.349 e. The van der Waals surface area contributed by atoms with E-state index in [0.717, 1.165) is 50.3 Å². The van der Waals surface area contributed by atoms with Gasteiger partial charge in [0, 0.05) is 24.9 Å². The first-order valence-corrected chi connectivity index (χ1v) is 8.18. The van der Waals surface area contributed by atoms with Crippen LogP contribution in [0.25, 0.3) is 0 Å². The van der Waals surface area contributed by atoms with Gasteiger partial charge in [0.15, 0.2) is 5.82 Å². The Hall–Kier alpha value is -0.850. The summed E-state index contributed by atoms with van der Waals surface area (Å²) in [6.07, 6.45) is 8.46. The van der Waals surface area contributed by atoms with Gasteiger partial charge in [-0.25, -0.2) is 0 Å². The number of carbonyl (C=O) groups is 1. The van der Waals surface area contributed by atoms with Gasteiger partial charge in [0.05, 0.1) is 6.54 Å². The first-order chi connectivity index (χ1) is 10.2. The van der Waals surface area contributed by atoms with Crippen LogP contribution in [0, 0.1) is 5.92 Å². The highest BCUT2D eigenvalue weighted by molar-refractivity contribution is 5.85. The van der Waals surface area contributed by atoms with E-state index in [-0.39, 0.29) is 42.7 Å². The Morgan fingerprint density at radius 3 is 2.78 bits per heavy atom. The van der Waals surface area contributed by atoms with Crippen molar-refractivity contribution >= 4 is 30.7 Å². The molecule has 3 N–H and O–H groups in total. The molecule has 0 spiro atoms. The van der Waals surface area contributed by atoms with Crippen molar-refractivity contribution in [3.63, 3.8) is 0 Å². The van der Waals surface area contributed by atoms with Crippen LogP contribution in [0.1, 0.15) is 56.6 Å². The fraction of sp³-hybridized carbons (Fsp3) is 0.800. The van der Waals surface area contributed by atoms with Crippen molar-refractivity contribution in [3.05, 3.63) is 11.6 Å². The van der Waals surface area contributed by atoms with E-state index in [0.29, 0.717) is 6.54 Å². The van der Waals surface area contributed by atoms with Gasteiger partial charge in [0.2, 0.25) is 5.91 Å². The van der Waals surface area contributed by atoms with Gasteiger partial charge in [-0.15, -0.1) is 35.0 Å². The zero-order valence-electron chi connectivity index (χ0n) is 13.4. The van der Waals surface area contributed by atoms with Crippen LogP contribution < -0.4 is 11.1 Å². The fourth-order valence-electron chi connectivity index (χ4n) is 3.45. The number of halogens is 2. The third kappa shape index (κ3) is 5.06. The number of hydrogen-bond donors (Lipinski definition) is 2. The highest BCUT2D eigenvalue weighted by Gasteiger charge is 2.25. The average molecular weight is 364 g/mol. The Kier molecular flexibility index (Phi) is 8.29. The molecule has 1 aromatic rings. The van der Waals surface area contributed by atoms with Crippen LogP contribution >= 0.6 is 24.8 Å². The third-order valence-electron chi connectivity index (χ3n) is 4.69. The normalized spacial score (nSPS) is 23.7. The molecule has 2 atom stereocenters. The molecule has 1 saturated carbocycles. The molecule has 132 valence electrons. The van der Waals surface area contributed by atoms with E-state index in [1.807, 2.05) is 0 Å². The van der Waals surface area contributed by atoms with Gasteiger partial charge in [-0.2, -0.15) is 0 Å². The van der Waals surface area contributed by atoms with Crippen LogP contribution in [-0.2, 0) is 24.3 Å². The molecule has 1 aliphatic carbocycles. The van der Waals surface area contributed by atoms with Crippen LogP contribution in [0.4, 0.5) is 0 Å². The molecule has 23 heavy (non-hydrogen) atoms. The molecule has 8 heteroatoms. The number of carbonyl (C=O) groups excluding carboxylic acids is 1. The van der Waals surface area contributed by atoms with Gasteiger partial charge in [-0.05, 0) is 32.1 Å². The molecule has 1 aliphatic heterocycles. The molecular formula is C15H27Cl2N5O. The number of nitrogens with one attached hydrogen (secondary N) is 1. The van der Waals surface area contributed by atoms with Gasteiger partial charge in [-0.3, -0.25) is 4.79 Å². The molecule has 1 fully saturated rings. The van der Waals surface area contributed by atoms with Crippen molar-refractivity contribution < 1.29 is 4.79 Å². The van der Waals surface area contributed by atoms with Crippen LogP contribution in [0.15, 0.2) is 0 Å². The summed E-state index contributed by atoms with van der Waals surface area (Å²) >= 11 is 0. The van der Waals surface area contributed by atoms with Crippen molar-refractivity contribution in [1.82, 2.24) is 20.1 Å². The minimum Gasteiger partial charge on any atom is -0.349 e. The van der Waals surface area contributed by atoms with Crippen molar-refractivity contribution in [2.45, 2.75) is 70.5 Å². The Morgan fingerprint density at radius 2 is 2.00 bits per heavy atom. The molecule has 0 saturated heterocycles. The fourth-order valence-corrected chi connectivity index (χ4v) is 3.45. The Balaban J connectivity index is 0.00000132. The zero-order valence-corrected chi connectivity index (χ0v) is 15.0. The summed E-state index contributed by atoms with van der Waals surface area (Å²) in [4.78, 5) is 12.3. The van der Waals surface area contributed by atoms with Gasteiger partial charge < -0.3 is 15.6 Å². The summed E-state index contributed by atoms with van der Waals surface area (Å²) in [5, 5.41) is 11.5. The van der Waals surface area contributed by atoms with Crippen molar-refractivity contribution in [2.75, 3.05) is 0 Å². The molecule has 0 bridgehead atoms. The number of aromatic nitrogens is 3. The first kappa shape index (κ1) is 20.2. The lowest BCUT2D eigenvalue weighted by Gasteiger charge is -2.25. The van der Waals surface area contributed by atoms with E-state index in [2.05, 4.69) is 20.1 Å². The maximum Gasteiger partial charge on any atom is 0.223 e. The maximum atomic E-state index is 12.3. The molecule has 2 aliphatic rings. The quantitative estimate of drug-likeness (QED) is 0.859. The zero-order chi connectivity index (χ0) is 14.7. The monoisotopic (exact) mass is 363 g/mol. The second kappa shape index (κ2) is 9.45. The SMILES string of the molecule is Cl.Cl.NC1CCCC(C(=O)NCc2nnc3n2CCCCC3)C1. The van der Waals surface area contributed by atoms with E-state index < -0.39 is 0 Å². The minimum atomic E-state index is 0. The topological polar surface area (TPSA) is 85.8 Å². The molecule has 6 nitrogen and oxygen atoms in total. The lowest BCUT2D eigenvalue weighted by molar-refractivity contribution is -0.126.